The topological polar surface area (TPSA) is 60.9 Å². The van der Waals surface area contributed by atoms with Crippen molar-refractivity contribution in [2.24, 2.45) is 11.7 Å². The lowest BCUT2D eigenvalue weighted by Crippen LogP contribution is -2.26. The maximum atomic E-state index is 12.1. The van der Waals surface area contributed by atoms with E-state index >= 15 is 0 Å². The van der Waals surface area contributed by atoms with Gasteiger partial charge in [-0.25, -0.2) is 4.98 Å². The van der Waals surface area contributed by atoms with Crippen molar-refractivity contribution in [3.05, 3.63) is 18.2 Å². The molecule has 4 nitrogen and oxygen atoms in total. The van der Waals surface area contributed by atoms with Crippen LogP contribution in [0, 0.1) is 5.92 Å². The Kier molecular flexibility index (Phi) is 5.91. The third-order valence-corrected chi connectivity index (χ3v) is 2.98. The lowest BCUT2D eigenvalue weighted by molar-refractivity contribution is -0.122. The summed E-state index contributed by atoms with van der Waals surface area (Å²) >= 11 is 0. The van der Waals surface area contributed by atoms with Crippen LogP contribution in [0.4, 0.5) is 0 Å². The Morgan fingerprint density at radius 3 is 2.82 bits per heavy atom. The zero-order valence-corrected chi connectivity index (χ0v) is 10.9. The van der Waals surface area contributed by atoms with E-state index in [-0.39, 0.29) is 11.7 Å². The van der Waals surface area contributed by atoms with Crippen LogP contribution >= 0.6 is 0 Å². The van der Waals surface area contributed by atoms with Crippen LogP contribution < -0.4 is 5.73 Å². The Balaban J connectivity index is 2.62. The Labute approximate surface area is 103 Å². The molecule has 1 aromatic rings. The Hall–Kier alpha value is -1.16. The third kappa shape index (κ3) is 3.97. The standard InChI is InChI=1S/C13H23N3O/c1-3-5-11(10-14)12(17)9-13-15-6-8-16(13)7-4-2/h6,8,11H,3-5,7,9-10,14H2,1-2H3. The first kappa shape index (κ1) is 13.9. The van der Waals surface area contributed by atoms with E-state index in [0.29, 0.717) is 13.0 Å². The van der Waals surface area contributed by atoms with Crippen LogP contribution in [0.3, 0.4) is 0 Å². The first-order valence-electron chi connectivity index (χ1n) is 6.45. The summed E-state index contributed by atoms with van der Waals surface area (Å²) in [6, 6.07) is 0. The number of ketones is 1. The van der Waals surface area contributed by atoms with Gasteiger partial charge in [-0.15, -0.1) is 0 Å². The molecule has 17 heavy (non-hydrogen) atoms. The molecule has 1 heterocycles. The molecule has 1 rings (SSSR count). The first-order chi connectivity index (χ1) is 8.22. The van der Waals surface area contributed by atoms with E-state index in [1.807, 2.05) is 6.20 Å². The van der Waals surface area contributed by atoms with E-state index in [2.05, 4.69) is 23.4 Å². The molecule has 2 N–H and O–H groups in total. The fourth-order valence-corrected chi connectivity index (χ4v) is 2.01. The minimum absolute atomic E-state index is 0.00761. The summed E-state index contributed by atoms with van der Waals surface area (Å²) in [6.07, 6.45) is 7.03. The zero-order valence-electron chi connectivity index (χ0n) is 10.9. The van der Waals surface area contributed by atoms with E-state index < -0.39 is 0 Å². The lowest BCUT2D eigenvalue weighted by Gasteiger charge is -2.12. The number of hydrogen-bond donors (Lipinski definition) is 1. The average Bonchev–Trinajstić information content (AvgIpc) is 2.74. The fourth-order valence-electron chi connectivity index (χ4n) is 2.01. The summed E-state index contributed by atoms with van der Waals surface area (Å²) in [5.74, 6) is 1.08. The van der Waals surface area contributed by atoms with Crippen molar-refractivity contribution in [3.63, 3.8) is 0 Å². The van der Waals surface area contributed by atoms with Crippen molar-refractivity contribution in [1.29, 1.82) is 0 Å². The molecule has 0 radical (unpaired) electrons. The van der Waals surface area contributed by atoms with Crippen molar-refractivity contribution < 1.29 is 4.79 Å². The van der Waals surface area contributed by atoms with Gasteiger partial charge in [0.1, 0.15) is 11.6 Å². The molecule has 1 aromatic heterocycles. The molecule has 0 aromatic carbocycles. The van der Waals surface area contributed by atoms with Gasteiger partial charge in [-0.1, -0.05) is 20.3 Å². The van der Waals surface area contributed by atoms with Gasteiger partial charge in [0, 0.05) is 31.4 Å². The van der Waals surface area contributed by atoms with Crippen LogP contribution in [0.15, 0.2) is 12.4 Å². The van der Waals surface area contributed by atoms with Gasteiger partial charge in [0.25, 0.3) is 0 Å². The number of rotatable bonds is 8. The monoisotopic (exact) mass is 237 g/mol. The summed E-state index contributed by atoms with van der Waals surface area (Å²) < 4.78 is 2.05. The second-order valence-electron chi connectivity index (χ2n) is 4.40. The molecule has 0 spiro atoms. The van der Waals surface area contributed by atoms with Crippen molar-refractivity contribution in [2.75, 3.05) is 6.54 Å². The fraction of sp³-hybridized carbons (Fsp3) is 0.692. The molecule has 0 bridgehead atoms. The number of aryl methyl sites for hydroxylation is 1. The van der Waals surface area contributed by atoms with Crippen LogP contribution in [0.1, 0.15) is 38.9 Å². The lowest BCUT2D eigenvalue weighted by atomic mass is 9.96. The number of hydrogen-bond acceptors (Lipinski definition) is 3. The zero-order chi connectivity index (χ0) is 12.7. The molecule has 0 saturated carbocycles. The van der Waals surface area contributed by atoms with Gasteiger partial charge in [0.2, 0.25) is 0 Å². The van der Waals surface area contributed by atoms with E-state index in [1.165, 1.54) is 0 Å². The predicted octanol–water partition coefficient (Wildman–Crippen LogP) is 1.78. The van der Waals surface area contributed by atoms with Crippen LogP contribution in [0.25, 0.3) is 0 Å². The molecule has 0 aliphatic rings. The van der Waals surface area contributed by atoms with E-state index in [1.54, 1.807) is 6.20 Å². The quantitative estimate of drug-likeness (QED) is 0.749. The van der Waals surface area contributed by atoms with Crippen molar-refractivity contribution in [2.45, 2.75) is 46.1 Å². The summed E-state index contributed by atoms with van der Waals surface area (Å²) in [5, 5.41) is 0. The van der Waals surface area contributed by atoms with Crippen LogP contribution in [0.2, 0.25) is 0 Å². The molecule has 0 saturated heterocycles. The molecular weight excluding hydrogens is 214 g/mol. The van der Waals surface area contributed by atoms with Crippen molar-refractivity contribution >= 4 is 5.78 Å². The van der Waals surface area contributed by atoms with E-state index in [9.17, 15) is 4.79 Å². The van der Waals surface area contributed by atoms with Crippen molar-refractivity contribution in [1.82, 2.24) is 9.55 Å². The number of carbonyl (C=O) groups excluding carboxylic acids is 1. The average molecular weight is 237 g/mol. The molecule has 0 amide bonds. The first-order valence-corrected chi connectivity index (χ1v) is 6.45. The maximum Gasteiger partial charge on any atom is 0.144 e. The minimum atomic E-state index is -0.00761. The second kappa shape index (κ2) is 7.22. The van der Waals surface area contributed by atoms with Crippen LogP contribution in [-0.2, 0) is 17.8 Å². The van der Waals surface area contributed by atoms with Gasteiger partial charge < -0.3 is 10.3 Å². The summed E-state index contributed by atoms with van der Waals surface area (Å²) in [4.78, 5) is 16.3. The largest absolute Gasteiger partial charge is 0.335 e. The molecule has 1 atom stereocenters. The highest BCUT2D eigenvalue weighted by Gasteiger charge is 2.18. The van der Waals surface area contributed by atoms with E-state index in [4.69, 9.17) is 5.73 Å². The summed E-state index contributed by atoms with van der Waals surface area (Å²) in [6.45, 7) is 5.56. The van der Waals surface area contributed by atoms with E-state index in [0.717, 1.165) is 31.6 Å². The minimum Gasteiger partial charge on any atom is -0.335 e. The third-order valence-electron chi connectivity index (χ3n) is 2.98. The normalized spacial score (nSPS) is 12.6. The summed E-state index contributed by atoms with van der Waals surface area (Å²) in [7, 11) is 0. The SMILES string of the molecule is CCCC(CN)C(=O)Cc1nccn1CCC. The van der Waals surface area contributed by atoms with Crippen molar-refractivity contribution in [3.8, 4) is 0 Å². The molecule has 1 unspecified atom stereocenters. The Morgan fingerprint density at radius 1 is 1.47 bits per heavy atom. The second-order valence-corrected chi connectivity index (χ2v) is 4.40. The number of nitrogens with zero attached hydrogens (tertiary/aromatic N) is 2. The highest BCUT2D eigenvalue weighted by atomic mass is 16.1. The van der Waals surface area contributed by atoms with Crippen LogP contribution in [0.5, 0.6) is 0 Å². The molecule has 0 fully saturated rings. The highest BCUT2D eigenvalue weighted by molar-refractivity contribution is 5.82. The Bertz CT molecular complexity index is 346. The molecule has 0 aliphatic carbocycles. The van der Waals surface area contributed by atoms with Crippen LogP contribution in [-0.4, -0.2) is 21.9 Å². The predicted molar refractivity (Wildman–Crippen MR) is 68.7 cm³/mol. The number of aromatic nitrogens is 2. The van der Waals surface area contributed by atoms with Gasteiger partial charge in [-0.3, -0.25) is 4.79 Å². The molecule has 0 aliphatic heterocycles. The number of Topliss-reactive ketones (excluding diaryl/α,β-unsaturated/α-hetero) is 1. The number of carbonyl (C=O) groups is 1. The van der Waals surface area contributed by atoms with Gasteiger partial charge >= 0.3 is 0 Å². The summed E-state index contributed by atoms with van der Waals surface area (Å²) in [5.41, 5.74) is 5.64. The van der Waals surface area contributed by atoms with Gasteiger partial charge in [-0.05, 0) is 12.8 Å². The van der Waals surface area contributed by atoms with Gasteiger partial charge in [0.15, 0.2) is 0 Å². The molecular formula is C13H23N3O. The highest BCUT2D eigenvalue weighted by Crippen LogP contribution is 2.10. The van der Waals surface area contributed by atoms with Gasteiger partial charge in [0.05, 0.1) is 6.42 Å². The maximum absolute atomic E-state index is 12.1. The Morgan fingerprint density at radius 2 is 2.24 bits per heavy atom. The number of imidazole rings is 1. The van der Waals surface area contributed by atoms with Gasteiger partial charge in [-0.2, -0.15) is 0 Å². The number of nitrogens with two attached hydrogens (primary N) is 1. The molecule has 96 valence electrons. The molecule has 4 heteroatoms. The smallest absolute Gasteiger partial charge is 0.144 e.